The number of amides is 1. The van der Waals surface area contributed by atoms with Crippen LogP contribution >= 0.6 is 0 Å². The molecule has 2 aliphatic rings. The Labute approximate surface area is 156 Å². The fourth-order valence-electron chi connectivity index (χ4n) is 4.06. The van der Waals surface area contributed by atoms with Crippen LogP contribution in [-0.4, -0.2) is 71.1 Å². The quantitative estimate of drug-likeness (QED) is 0.738. The lowest BCUT2D eigenvalue weighted by Crippen LogP contribution is -2.46. The van der Waals surface area contributed by atoms with Crippen LogP contribution in [0.25, 0.3) is 0 Å². The minimum atomic E-state index is -2.85. The molecule has 7 nitrogen and oxygen atoms in total. The van der Waals surface area contributed by atoms with E-state index in [1.54, 1.807) is 0 Å². The van der Waals surface area contributed by atoms with Gasteiger partial charge >= 0.3 is 0 Å². The van der Waals surface area contributed by atoms with Crippen molar-refractivity contribution in [3.63, 3.8) is 0 Å². The molecular formula is C18H30N4O3S. The molecule has 0 saturated carbocycles. The van der Waals surface area contributed by atoms with Crippen molar-refractivity contribution in [1.29, 1.82) is 0 Å². The Hall–Kier alpha value is -1.41. The topological polar surface area (TPSA) is 75.5 Å². The summed E-state index contributed by atoms with van der Waals surface area (Å²) < 4.78 is 25.3. The van der Waals surface area contributed by atoms with Crippen molar-refractivity contribution in [2.45, 2.75) is 52.2 Å². The molecule has 0 aliphatic carbocycles. The molecule has 8 heteroatoms. The first-order valence-corrected chi connectivity index (χ1v) is 11.5. The highest BCUT2D eigenvalue weighted by Crippen LogP contribution is 2.26. The van der Waals surface area contributed by atoms with Gasteiger partial charge < -0.3 is 4.90 Å². The predicted octanol–water partition coefficient (Wildman–Crippen LogP) is 1.15. The molecule has 146 valence electrons. The predicted molar refractivity (Wildman–Crippen MR) is 100 cm³/mol. The summed E-state index contributed by atoms with van der Waals surface area (Å²) in [5, 5.41) is 4.28. The van der Waals surface area contributed by atoms with Gasteiger partial charge in [0.25, 0.3) is 0 Å². The van der Waals surface area contributed by atoms with E-state index in [1.165, 1.54) is 0 Å². The number of carbonyl (C=O) groups is 1. The molecule has 0 aromatic carbocycles. The van der Waals surface area contributed by atoms with Crippen molar-refractivity contribution < 1.29 is 13.2 Å². The van der Waals surface area contributed by atoms with Gasteiger partial charge in [-0.25, -0.2) is 8.42 Å². The molecule has 0 N–H and O–H groups in total. The summed E-state index contributed by atoms with van der Waals surface area (Å²) in [5.41, 5.74) is 1.07. The Kier molecular flexibility index (Phi) is 6.02. The van der Waals surface area contributed by atoms with Crippen molar-refractivity contribution in [2.24, 2.45) is 5.92 Å². The first-order valence-electron chi connectivity index (χ1n) is 9.66. The molecule has 0 spiro atoms. The maximum absolute atomic E-state index is 12.9. The van der Waals surface area contributed by atoms with Crippen LogP contribution in [0.15, 0.2) is 12.4 Å². The molecule has 0 bridgehead atoms. The molecule has 1 unspecified atom stereocenters. The third-order valence-electron chi connectivity index (χ3n) is 5.68. The van der Waals surface area contributed by atoms with E-state index in [0.29, 0.717) is 18.8 Å². The number of sulfone groups is 1. The van der Waals surface area contributed by atoms with Crippen LogP contribution in [0, 0.1) is 5.92 Å². The smallest absolute Gasteiger partial charge is 0.226 e. The molecule has 2 aliphatic heterocycles. The molecule has 26 heavy (non-hydrogen) atoms. The normalized spacial score (nSPS) is 24.0. The molecule has 3 rings (SSSR count). The van der Waals surface area contributed by atoms with Gasteiger partial charge in [0.1, 0.15) is 0 Å². The van der Waals surface area contributed by atoms with Crippen LogP contribution in [0.3, 0.4) is 0 Å². The summed E-state index contributed by atoms with van der Waals surface area (Å²) in [6.07, 6.45) is 6.21. The van der Waals surface area contributed by atoms with Gasteiger partial charge in [-0.1, -0.05) is 0 Å². The summed E-state index contributed by atoms with van der Waals surface area (Å²) >= 11 is 0. The Morgan fingerprint density at radius 2 is 2.00 bits per heavy atom. The van der Waals surface area contributed by atoms with E-state index in [1.807, 2.05) is 35.8 Å². The van der Waals surface area contributed by atoms with E-state index >= 15 is 0 Å². The Balaban J connectivity index is 1.53. The minimum Gasteiger partial charge on any atom is -0.338 e. The summed E-state index contributed by atoms with van der Waals surface area (Å²) in [6, 6.07) is 0.151. The number of hydrogen-bond acceptors (Lipinski definition) is 5. The Bertz CT molecular complexity index is 723. The molecule has 0 radical (unpaired) electrons. The first kappa shape index (κ1) is 19.4. The molecule has 1 atom stereocenters. The number of aryl methyl sites for hydroxylation is 1. The van der Waals surface area contributed by atoms with Gasteiger partial charge in [0.2, 0.25) is 5.91 Å². The number of rotatable bonds is 6. The monoisotopic (exact) mass is 382 g/mol. The second-order valence-corrected chi connectivity index (χ2v) is 9.65. The number of aromatic nitrogens is 2. The van der Waals surface area contributed by atoms with Gasteiger partial charge in [-0.2, -0.15) is 5.10 Å². The van der Waals surface area contributed by atoms with E-state index in [9.17, 15) is 13.2 Å². The molecular weight excluding hydrogens is 352 g/mol. The molecule has 1 aromatic heterocycles. The van der Waals surface area contributed by atoms with Crippen LogP contribution in [0.2, 0.25) is 0 Å². The highest BCUT2D eigenvalue weighted by molar-refractivity contribution is 7.91. The molecule has 3 heterocycles. The number of nitrogens with zero attached hydrogens (tertiary/aromatic N) is 4. The zero-order valence-corrected chi connectivity index (χ0v) is 16.6. The standard InChI is InChI=1S/C18H30N4O3S/c1-3-20(12-15-11-19-22(4-2)13-15)18(23)16-5-8-21(9-6-16)17-7-10-26(24,25)14-17/h11,13,16-17H,3-10,12,14H2,1-2H3. The number of likely N-dealkylation sites (tertiary alicyclic amines) is 1. The number of piperidine rings is 1. The van der Waals surface area contributed by atoms with Crippen molar-refractivity contribution in [3.8, 4) is 0 Å². The van der Waals surface area contributed by atoms with E-state index in [-0.39, 0.29) is 23.6 Å². The molecule has 1 aromatic rings. The Morgan fingerprint density at radius 3 is 2.54 bits per heavy atom. The highest BCUT2D eigenvalue weighted by Gasteiger charge is 2.36. The summed E-state index contributed by atoms with van der Waals surface area (Å²) in [7, 11) is -2.85. The summed E-state index contributed by atoms with van der Waals surface area (Å²) in [4.78, 5) is 17.1. The van der Waals surface area contributed by atoms with Gasteiger partial charge in [-0.3, -0.25) is 14.4 Å². The zero-order valence-electron chi connectivity index (χ0n) is 15.8. The van der Waals surface area contributed by atoms with Gasteiger partial charge in [0.15, 0.2) is 9.84 Å². The Morgan fingerprint density at radius 1 is 1.27 bits per heavy atom. The second-order valence-electron chi connectivity index (χ2n) is 7.42. The fourth-order valence-corrected chi connectivity index (χ4v) is 5.82. The van der Waals surface area contributed by atoms with Crippen LogP contribution in [0.4, 0.5) is 0 Å². The van der Waals surface area contributed by atoms with Crippen molar-refractivity contribution >= 4 is 15.7 Å². The summed E-state index contributed by atoms with van der Waals surface area (Å²) in [5.74, 6) is 0.862. The number of carbonyl (C=O) groups excluding carboxylic acids is 1. The van der Waals surface area contributed by atoms with Crippen LogP contribution in [0.1, 0.15) is 38.7 Å². The number of hydrogen-bond donors (Lipinski definition) is 0. The van der Waals surface area contributed by atoms with Crippen LogP contribution < -0.4 is 0 Å². The van der Waals surface area contributed by atoms with E-state index in [0.717, 1.165) is 44.5 Å². The fraction of sp³-hybridized carbons (Fsp3) is 0.778. The van der Waals surface area contributed by atoms with Crippen LogP contribution in [-0.2, 0) is 27.7 Å². The molecule has 2 fully saturated rings. The largest absolute Gasteiger partial charge is 0.338 e. The SMILES string of the molecule is CCN(Cc1cnn(CC)c1)C(=O)C1CCN(C2CCS(=O)(=O)C2)CC1. The zero-order chi connectivity index (χ0) is 18.7. The average molecular weight is 383 g/mol. The van der Waals surface area contributed by atoms with Gasteiger partial charge in [-0.15, -0.1) is 0 Å². The summed E-state index contributed by atoms with van der Waals surface area (Å²) in [6.45, 7) is 7.83. The maximum atomic E-state index is 12.9. The van der Waals surface area contributed by atoms with Crippen molar-refractivity contribution in [3.05, 3.63) is 18.0 Å². The highest BCUT2D eigenvalue weighted by atomic mass is 32.2. The van der Waals surface area contributed by atoms with Crippen molar-refractivity contribution in [1.82, 2.24) is 19.6 Å². The van der Waals surface area contributed by atoms with Crippen molar-refractivity contribution in [2.75, 3.05) is 31.1 Å². The van der Waals surface area contributed by atoms with E-state index in [2.05, 4.69) is 10.00 Å². The van der Waals surface area contributed by atoms with Crippen LogP contribution in [0.5, 0.6) is 0 Å². The lowest BCUT2D eigenvalue weighted by Gasteiger charge is -2.36. The van der Waals surface area contributed by atoms with E-state index in [4.69, 9.17) is 0 Å². The maximum Gasteiger partial charge on any atom is 0.226 e. The third kappa shape index (κ3) is 4.46. The van der Waals surface area contributed by atoms with Gasteiger partial charge in [0, 0.05) is 43.4 Å². The van der Waals surface area contributed by atoms with E-state index < -0.39 is 9.84 Å². The minimum absolute atomic E-state index is 0.0467. The van der Waals surface area contributed by atoms with Gasteiger partial charge in [0.05, 0.1) is 17.7 Å². The molecule has 2 saturated heterocycles. The second kappa shape index (κ2) is 8.08. The third-order valence-corrected chi connectivity index (χ3v) is 7.43. The lowest BCUT2D eigenvalue weighted by atomic mass is 9.94. The van der Waals surface area contributed by atoms with Gasteiger partial charge in [-0.05, 0) is 46.2 Å². The average Bonchev–Trinajstić information content (AvgIpc) is 3.25. The first-order chi connectivity index (χ1) is 12.4. The molecule has 1 amide bonds. The lowest BCUT2D eigenvalue weighted by molar-refractivity contribution is -0.137.